The Kier molecular flexibility index (Phi) is 4.30. The van der Waals surface area contributed by atoms with Crippen molar-refractivity contribution < 1.29 is 9.47 Å². The molecule has 2 aromatic carbocycles. The molecule has 2 aliphatic heterocycles. The Bertz CT molecular complexity index is 689. The van der Waals surface area contributed by atoms with E-state index in [2.05, 4.69) is 59.6 Å². The first-order valence-corrected chi connectivity index (χ1v) is 8.72. The Balaban J connectivity index is 1.39. The van der Waals surface area contributed by atoms with E-state index in [0.29, 0.717) is 25.3 Å². The number of rotatable bonds is 4. The smallest absolute Gasteiger partial charge is 0.163 e. The molecule has 1 N–H and O–H groups in total. The average molecular weight is 324 g/mol. The zero-order valence-electron chi connectivity index (χ0n) is 14.1. The number of ether oxygens (including phenoxy) is 2. The number of fused-ring (bicyclic) bond motifs is 1. The highest BCUT2D eigenvalue weighted by Crippen LogP contribution is 2.33. The molecular formula is C20H24N2O2. The van der Waals surface area contributed by atoms with Gasteiger partial charge in [0.1, 0.15) is 13.2 Å². The lowest BCUT2D eigenvalue weighted by Crippen LogP contribution is -2.28. The minimum absolute atomic E-state index is 0.464. The van der Waals surface area contributed by atoms with Crippen molar-refractivity contribution in [3.8, 4) is 11.5 Å². The Labute approximate surface area is 143 Å². The predicted octanol–water partition coefficient (Wildman–Crippen LogP) is 3.53. The Hall–Kier alpha value is -2.20. The van der Waals surface area contributed by atoms with Crippen molar-refractivity contribution in [2.75, 3.05) is 25.1 Å². The molecule has 2 heterocycles. The summed E-state index contributed by atoms with van der Waals surface area (Å²) >= 11 is 0. The molecule has 126 valence electrons. The fourth-order valence-corrected chi connectivity index (χ4v) is 3.61. The molecule has 2 unspecified atom stereocenters. The molecular weight excluding hydrogens is 300 g/mol. The standard InChI is InChI=1S/C20H24N2O2/c1-15-11-18(14-22(15)13-16-5-3-2-4-6-16)21-17-7-8-19-20(12-17)24-10-9-23-19/h2-8,12,15,18,21H,9-11,13-14H2,1H3. The van der Waals surface area contributed by atoms with Crippen LogP contribution in [0, 0.1) is 0 Å². The Morgan fingerprint density at radius 3 is 2.67 bits per heavy atom. The molecule has 0 radical (unpaired) electrons. The maximum Gasteiger partial charge on any atom is 0.163 e. The first-order chi connectivity index (χ1) is 11.8. The highest BCUT2D eigenvalue weighted by Gasteiger charge is 2.29. The van der Waals surface area contributed by atoms with E-state index in [4.69, 9.17) is 9.47 Å². The molecule has 0 aromatic heterocycles. The van der Waals surface area contributed by atoms with Gasteiger partial charge >= 0.3 is 0 Å². The third kappa shape index (κ3) is 3.34. The number of hydrogen-bond donors (Lipinski definition) is 1. The predicted molar refractivity (Wildman–Crippen MR) is 95.8 cm³/mol. The molecule has 0 aliphatic carbocycles. The monoisotopic (exact) mass is 324 g/mol. The zero-order valence-corrected chi connectivity index (χ0v) is 14.1. The van der Waals surface area contributed by atoms with Crippen LogP contribution in [0.4, 0.5) is 5.69 Å². The lowest BCUT2D eigenvalue weighted by molar-refractivity contribution is 0.171. The number of nitrogens with zero attached hydrogens (tertiary/aromatic N) is 1. The quantitative estimate of drug-likeness (QED) is 0.933. The van der Waals surface area contributed by atoms with Crippen LogP contribution in [0.5, 0.6) is 11.5 Å². The van der Waals surface area contributed by atoms with Gasteiger partial charge in [-0.05, 0) is 31.0 Å². The third-order valence-electron chi connectivity index (χ3n) is 4.85. The van der Waals surface area contributed by atoms with Crippen molar-refractivity contribution in [1.82, 2.24) is 4.90 Å². The summed E-state index contributed by atoms with van der Waals surface area (Å²) in [6, 6.07) is 17.9. The highest BCUT2D eigenvalue weighted by atomic mass is 16.6. The van der Waals surface area contributed by atoms with E-state index in [1.54, 1.807) is 0 Å². The summed E-state index contributed by atoms with van der Waals surface area (Å²) in [7, 11) is 0. The van der Waals surface area contributed by atoms with E-state index in [0.717, 1.165) is 36.7 Å². The molecule has 2 aromatic rings. The van der Waals surface area contributed by atoms with Crippen LogP contribution in [0.1, 0.15) is 18.9 Å². The van der Waals surface area contributed by atoms with E-state index in [1.165, 1.54) is 5.56 Å². The average Bonchev–Trinajstić information content (AvgIpc) is 2.95. The summed E-state index contributed by atoms with van der Waals surface area (Å²) in [5.41, 5.74) is 2.49. The number of likely N-dealkylation sites (tertiary alicyclic amines) is 1. The van der Waals surface area contributed by atoms with Crippen molar-refractivity contribution in [2.45, 2.75) is 32.0 Å². The number of nitrogens with one attached hydrogen (secondary N) is 1. The summed E-state index contributed by atoms with van der Waals surface area (Å²) in [5, 5.41) is 3.66. The molecule has 1 saturated heterocycles. The van der Waals surface area contributed by atoms with Gasteiger partial charge in [0, 0.05) is 36.9 Å². The molecule has 2 aliphatic rings. The zero-order chi connectivity index (χ0) is 16.4. The summed E-state index contributed by atoms with van der Waals surface area (Å²) in [6.07, 6.45) is 1.15. The van der Waals surface area contributed by atoms with Crippen LogP contribution in [-0.2, 0) is 6.54 Å². The SMILES string of the molecule is CC1CC(Nc2ccc3c(c2)OCCO3)CN1Cc1ccccc1. The van der Waals surface area contributed by atoms with Gasteiger partial charge in [-0.2, -0.15) is 0 Å². The van der Waals surface area contributed by atoms with Crippen LogP contribution < -0.4 is 14.8 Å². The van der Waals surface area contributed by atoms with Gasteiger partial charge in [-0.25, -0.2) is 0 Å². The molecule has 0 bridgehead atoms. The fourth-order valence-electron chi connectivity index (χ4n) is 3.61. The van der Waals surface area contributed by atoms with Crippen LogP contribution in [0.25, 0.3) is 0 Å². The topological polar surface area (TPSA) is 33.7 Å². The van der Waals surface area contributed by atoms with Gasteiger partial charge in [-0.1, -0.05) is 30.3 Å². The molecule has 24 heavy (non-hydrogen) atoms. The molecule has 4 heteroatoms. The van der Waals surface area contributed by atoms with E-state index in [1.807, 2.05) is 6.07 Å². The normalized spacial score (nSPS) is 23.2. The van der Waals surface area contributed by atoms with Gasteiger partial charge in [0.05, 0.1) is 0 Å². The largest absolute Gasteiger partial charge is 0.486 e. The van der Waals surface area contributed by atoms with Crippen LogP contribution >= 0.6 is 0 Å². The van der Waals surface area contributed by atoms with Crippen molar-refractivity contribution in [3.63, 3.8) is 0 Å². The maximum absolute atomic E-state index is 5.67. The number of anilines is 1. The summed E-state index contributed by atoms with van der Waals surface area (Å²) in [6.45, 7) is 5.65. The first-order valence-electron chi connectivity index (χ1n) is 8.72. The van der Waals surface area contributed by atoms with Crippen LogP contribution in [-0.4, -0.2) is 36.7 Å². The van der Waals surface area contributed by atoms with Gasteiger partial charge < -0.3 is 14.8 Å². The Morgan fingerprint density at radius 1 is 1.04 bits per heavy atom. The molecule has 0 saturated carbocycles. The second-order valence-electron chi connectivity index (χ2n) is 6.70. The van der Waals surface area contributed by atoms with E-state index in [9.17, 15) is 0 Å². The van der Waals surface area contributed by atoms with E-state index >= 15 is 0 Å². The van der Waals surface area contributed by atoms with Crippen molar-refractivity contribution in [2.24, 2.45) is 0 Å². The van der Waals surface area contributed by atoms with Gasteiger partial charge in [-0.3, -0.25) is 4.90 Å². The summed E-state index contributed by atoms with van der Waals surface area (Å²) in [4.78, 5) is 2.55. The second kappa shape index (κ2) is 6.73. The third-order valence-corrected chi connectivity index (χ3v) is 4.85. The summed E-state index contributed by atoms with van der Waals surface area (Å²) in [5.74, 6) is 1.69. The number of hydrogen-bond acceptors (Lipinski definition) is 4. The lowest BCUT2D eigenvalue weighted by atomic mass is 10.1. The number of benzene rings is 2. The summed E-state index contributed by atoms with van der Waals surface area (Å²) < 4.78 is 11.3. The Morgan fingerprint density at radius 2 is 1.83 bits per heavy atom. The molecule has 2 atom stereocenters. The second-order valence-corrected chi connectivity index (χ2v) is 6.70. The fraction of sp³-hybridized carbons (Fsp3) is 0.400. The van der Waals surface area contributed by atoms with Gasteiger partial charge in [0.25, 0.3) is 0 Å². The van der Waals surface area contributed by atoms with Gasteiger partial charge in [0.2, 0.25) is 0 Å². The molecule has 4 nitrogen and oxygen atoms in total. The lowest BCUT2D eigenvalue weighted by Gasteiger charge is -2.21. The van der Waals surface area contributed by atoms with Crippen molar-refractivity contribution in [3.05, 3.63) is 54.1 Å². The van der Waals surface area contributed by atoms with Crippen molar-refractivity contribution in [1.29, 1.82) is 0 Å². The molecule has 0 spiro atoms. The maximum atomic E-state index is 5.67. The van der Waals surface area contributed by atoms with Gasteiger partial charge in [-0.15, -0.1) is 0 Å². The minimum Gasteiger partial charge on any atom is -0.486 e. The van der Waals surface area contributed by atoms with Crippen molar-refractivity contribution >= 4 is 5.69 Å². The van der Waals surface area contributed by atoms with Crippen LogP contribution in [0.15, 0.2) is 48.5 Å². The van der Waals surface area contributed by atoms with Crippen LogP contribution in [0.3, 0.4) is 0 Å². The van der Waals surface area contributed by atoms with E-state index in [-0.39, 0.29) is 0 Å². The molecule has 0 amide bonds. The van der Waals surface area contributed by atoms with Gasteiger partial charge in [0.15, 0.2) is 11.5 Å². The minimum atomic E-state index is 0.464. The molecule has 4 rings (SSSR count). The van der Waals surface area contributed by atoms with Crippen LogP contribution in [0.2, 0.25) is 0 Å². The highest BCUT2D eigenvalue weighted by molar-refractivity contribution is 5.55. The first kappa shape index (κ1) is 15.3. The molecule has 1 fully saturated rings. The van der Waals surface area contributed by atoms with E-state index < -0.39 is 0 Å².